The van der Waals surface area contributed by atoms with Crippen LogP contribution in [-0.4, -0.2) is 31.4 Å². The topological polar surface area (TPSA) is 111 Å². The number of hydrazine groups is 1. The van der Waals surface area contributed by atoms with E-state index in [4.69, 9.17) is 0 Å². The summed E-state index contributed by atoms with van der Waals surface area (Å²) in [6.45, 7) is 4.32. The highest BCUT2D eigenvalue weighted by Gasteiger charge is 2.28. The summed E-state index contributed by atoms with van der Waals surface area (Å²) in [7, 11) is 0. The van der Waals surface area contributed by atoms with Crippen molar-refractivity contribution >= 4 is 22.6 Å². The van der Waals surface area contributed by atoms with Crippen LogP contribution in [0.4, 0.5) is 0 Å². The molecule has 0 aliphatic heterocycles. The van der Waals surface area contributed by atoms with Gasteiger partial charge in [-0.2, -0.15) is 10.2 Å². The predicted molar refractivity (Wildman–Crippen MR) is 132 cm³/mol. The molecule has 0 bridgehead atoms. The minimum Gasteiger partial charge on any atom is -0.267 e. The number of carbonyl (C=O) groups excluding carboxylic acids is 2. The standard InChI is InChI=1S/C26H26N6O3/c1-3-15-31-26(35)18-11-6-5-10-17(18)22(29-31)24(33)27-28-25(34)23-19-12-8-14-21(19)32(30-23)20-13-7-4-9-16(20)2/h4-7,9-11,13H,3,8,12,14-15H2,1-2H3,(H,27,33)(H,28,34). The Morgan fingerprint density at radius 1 is 0.914 bits per heavy atom. The number of aryl methyl sites for hydroxylation is 2. The van der Waals surface area contributed by atoms with Gasteiger partial charge in [-0.1, -0.05) is 43.3 Å². The molecule has 2 amide bonds. The van der Waals surface area contributed by atoms with Crippen molar-refractivity contribution in [3.8, 4) is 5.69 Å². The number of carbonyl (C=O) groups is 2. The number of rotatable bonds is 5. The molecule has 4 aromatic rings. The molecule has 0 saturated heterocycles. The zero-order chi connectivity index (χ0) is 24.5. The zero-order valence-electron chi connectivity index (χ0n) is 19.7. The first-order valence-corrected chi connectivity index (χ1v) is 11.8. The summed E-state index contributed by atoms with van der Waals surface area (Å²) in [6, 6.07) is 14.7. The van der Waals surface area contributed by atoms with E-state index >= 15 is 0 Å². The van der Waals surface area contributed by atoms with Crippen LogP contribution in [0.25, 0.3) is 16.5 Å². The molecule has 9 heteroatoms. The summed E-state index contributed by atoms with van der Waals surface area (Å²) >= 11 is 0. The van der Waals surface area contributed by atoms with E-state index in [1.54, 1.807) is 24.3 Å². The summed E-state index contributed by atoms with van der Waals surface area (Å²) in [5.41, 5.74) is 9.00. The molecule has 35 heavy (non-hydrogen) atoms. The van der Waals surface area contributed by atoms with Crippen molar-refractivity contribution in [3.63, 3.8) is 0 Å². The lowest BCUT2D eigenvalue weighted by Crippen LogP contribution is -2.43. The van der Waals surface area contributed by atoms with E-state index in [0.717, 1.165) is 41.8 Å². The van der Waals surface area contributed by atoms with Crippen molar-refractivity contribution in [2.24, 2.45) is 0 Å². The molecule has 0 fully saturated rings. The lowest BCUT2D eigenvalue weighted by molar-refractivity contribution is 0.0840. The third kappa shape index (κ3) is 3.99. The molecule has 5 rings (SSSR count). The molecular weight excluding hydrogens is 444 g/mol. The number of nitrogens with one attached hydrogen (secondary N) is 2. The first kappa shape index (κ1) is 22.5. The van der Waals surface area contributed by atoms with Crippen molar-refractivity contribution in [2.45, 2.75) is 46.1 Å². The van der Waals surface area contributed by atoms with Gasteiger partial charge in [0.15, 0.2) is 11.4 Å². The fraction of sp³-hybridized carbons (Fsp3) is 0.269. The largest absolute Gasteiger partial charge is 0.290 e. The van der Waals surface area contributed by atoms with Gasteiger partial charge in [0, 0.05) is 23.2 Å². The van der Waals surface area contributed by atoms with Crippen LogP contribution >= 0.6 is 0 Å². The molecule has 2 heterocycles. The third-order valence-corrected chi connectivity index (χ3v) is 6.30. The Labute approximate surface area is 201 Å². The van der Waals surface area contributed by atoms with E-state index in [1.807, 2.05) is 42.8 Å². The first-order chi connectivity index (χ1) is 17.0. The van der Waals surface area contributed by atoms with Crippen LogP contribution in [0.1, 0.15) is 57.6 Å². The number of fused-ring (bicyclic) bond motifs is 2. The molecule has 2 aromatic carbocycles. The van der Waals surface area contributed by atoms with Gasteiger partial charge >= 0.3 is 0 Å². The molecule has 0 unspecified atom stereocenters. The van der Waals surface area contributed by atoms with Gasteiger partial charge in [-0.3, -0.25) is 25.2 Å². The third-order valence-electron chi connectivity index (χ3n) is 6.30. The summed E-state index contributed by atoms with van der Waals surface area (Å²) in [6.07, 6.45) is 3.23. The Kier molecular flexibility index (Phi) is 5.90. The smallest absolute Gasteiger partial charge is 0.267 e. The molecule has 0 saturated carbocycles. The number of nitrogens with zero attached hydrogens (tertiary/aromatic N) is 4. The van der Waals surface area contributed by atoms with E-state index in [1.165, 1.54) is 4.68 Å². The Bertz CT molecular complexity index is 1520. The van der Waals surface area contributed by atoms with E-state index in [-0.39, 0.29) is 11.3 Å². The zero-order valence-corrected chi connectivity index (χ0v) is 19.7. The van der Waals surface area contributed by atoms with Crippen molar-refractivity contribution < 1.29 is 9.59 Å². The Balaban J connectivity index is 1.42. The monoisotopic (exact) mass is 470 g/mol. The second-order valence-electron chi connectivity index (χ2n) is 8.66. The van der Waals surface area contributed by atoms with Gasteiger partial charge < -0.3 is 0 Å². The van der Waals surface area contributed by atoms with Gasteiger partial charge in [0.1, 0.15) is 0 Å². The summed E-state index contributed by atoms with van der Waals surface area (Å²) in [4.78, 5) is 38.8. The molecule has 0 radical (unpaired) electrons. The molecular formula is C26H26N6O3. The molecule has 1 aliphatic rings. The number of hydrogen-bond acceptors (Lipinski definition) is 5. The van der Waals surface area contributed by atoms with Crippen molar-refractivity contribution in [1.29, 1.82) is 0 Å². The fourth-order valence-electron chi connectivity index (χ4n) is 4.62. The van der Waals surface area contributed by atoms with Gasteiger partial charge in [-0.25, -0.2) is 9.36 Å². The number of aromatic nitrogens is 4. The molecule has 2 N–H and O–H groups in total. The van der Waals surface area contributed by atoms with Gasteiger partial charge in [-0.15, -0.1) is 0 Å². The van der Waals surface area contributed by atoms with Gasteiger partial charge in [0.25, 0.3) is 17.4 Å². The number of benzene rings is 2. The summed E-state index contributed by atoms with van der Waals surface area (Å²) in [5.74, 6) is -1.09. The van der Waals surface area contributed by atoms with Crippen LogP contribution in [0.15, 0.2) is 53.3 Å². The van der Waals surface area contributed by atoms with E-state index in [0.29, 0.717) is 29.4 Å². The molecule has 2 aromatic heterocycles. The number of amides is 2. The minimum absolute atomic E-state index is 0.0737. The predicted octanol–water partition coefficient (Wildman–Crippen LogP) is 2.86. The molecule has 9 nitrogen and oxygen atoms in total. The molecule has 0 atom stereocenters. The van der Waals surface area contributed by atoms with Crippen molar-refractivity contribution in [2.75, 3.05) is 0 Å². The Hall–Kier alpha value is -4.27. The quantitative estimate of drug-likeness (QED) is 0.436. The lowest BCUT2D eigenvalue weighted by Gasteiger charge is -2.11. The maximum absolute atomic E-state index is 13.1. The normalized spacial score (nSPS) is 12.5. The van der Waals surface area contributed by atoms with E-state index in [9.17, 15) is 14.4 Å². The maximum atomic E-state index is 13.1. The van der Waals surface area contributed by atoms with Crippen LogP contribution in [0.3, 0.4) is 0 Å². The molecule has 1 aliphatic carbocycles. The van der Waals surface area contributed by atoms with E-state index in [2.05, 4.69) is 21.0 Å². The highest BCUT2D eigenvalue weighted by molar-refractivity contribution is 6.06. The number of hydrogen-bond donors (Lipinski definition) is 2. The molecule has 178 valence electrons. The van der Waals surface area contributed by atoms with E-state index < -0.39 is 11.8 Å². The average Bonchev–Trinajstić information content (AvgIpc) is 3.48. The van der Waals surface area contributed by atoms with Gasteiger partial charge in [0.05, 0.1) is 11.1 Å². The molecule has 0 spiro atoms. The Morgan fingerprint density at radius 3 is 2.34 bits per heavy atom. The van der Waals surface area contributed by atoms with Crippen LogP contribution < -0.4 is 16.4 Å². The maximum Gasteiger partial charge on any atom is 0.290 e. The SMILES string of the molecule is CCCn1nc(C(=O)NNC(=O)c2nn(-c3ccccc3C)c3c2CCC3)c2ccccc2c1=O. The van der Waals surface area contributed by atoms with Crippen LogP contribution in [0, 0.1) is 6.92 Å². The Morgan fingerprint density at radius 2 is 1.60 bits per heavy atom. The fourth-order valence-corrected chi connectivity index (χ4v) is 4.62. The van der Waals surface area contributed by atoms with Crippen LogP contribution in [-0.2, 0) is 19.4 Å². The second kappa shape index (κ2) is 9.17. The minimum atomic E-state index is -0.602. The van der Waals surface area contributed by atoms with Gasteiger partial charge in [-0.05, 0) is 50.3 Å². The van der Waals surface area contributed by atoms with Crippen molar-refractivity contribution in [1.82, 2.24) is 30.4 Å². The number of para-hydroxylation sites is 1. The second-order valence-corrected chi connectivity index (χ2v) is 8.66. The highest BCUT2D eigenvalue weighted by Crippen LogP contribution is 2.28. The summed E-state index contributed by atoms with van der Waals surface area (Å²) < 4.78 is 3.12. The lowest BCUT2D eigenvalue weighted by atomic mass is 10.1. The van der Waals surface area contributed by atoms with Gasteiger partial charge in [0.2, 0.25) is 0 Å². The van der Waals surface area contributed by atoms with Crippen molar-refractivity contribution in [3.05, 3.63) is 87.1 Å². The summed E-state index contributed by atoms with van der Waals surface area (Å²) in [5, 5.41) is 9.72. The first-order valence-electron chi connectivity index (χ1n) is 11.8. The highest BCUT2D eigenvalue weighted by atomic mass is 16.2. The van der Waals surface area contributed by atoms with Crippen LogP contribution in [0.5, 0.6) is 0 Å². The van der Waals surface area contributed by atoms with Crippen LogP contribution in [0.2, 0.25) is 0 Å². The average molecular weight is 471 g/mol.